The number of hydrogen-bond donors (Lipinski definition) is 1. The molecular weight excluding hydrogens is 314 g/mol. The third kappa shape index (κ3) is 4.96. The van der Waals surface area contributed by atoms with Crippen molar-refractivity contribution in [2.24, 2.45) is 5.92 Å². The van der Waals surface area contributed by atoms with Gasteiger partial charge in [0.2, 0.25) is 0 Å². The van der Waals surface area contributed by atoms with Crippen LogP contribution in [0, 0.1) is 5.92 Å². The molecule has 0 bridgehead atoms. The lowest BCUT2D eigenvalue weighted by Crippen LogP contribution is -2.43. The Balaban J connectivity index is 1.95. The zero-order chi connectivity index (χ0) is 16.8. The predicted molar refractivity (Wildman–Crippen MR) is 91.1 cm³/mol. The molecule has 2 atom stereocenters. The van der Waals surface area contributed by atoms with Crippen molar-refractivity contribution in [2.45, 2.75) is 52.0 Å². The molecule has 23 heavy (non-hydrogen) atoms. The van der Waals surface area contributed by atoms with E-state index in [9.17, 15) is 9.59 Å². The number of hydrogen-bond acceptors (Lipinski definition) is 3. The van der Waals surface area contributed by atoms with Crippen LogP contribution < -0.4 is 10.1 Å². The molecule has 0 aromatic heterocycles. The van der Waals surface area contributed by atoms with Crippen molar-refractivity contribution in [1.29, 1.82) is 0 Å². The predicted octanol–water partition coefficient (Wildman–Crippen LogP) is 4.01. The van der Waals surface area contributed by atoms with Gasteiger partial charge in [0.25, 0.3) is 5.91 Å². The number of carbonyl (C=O) groups excluding carboxylic acids is 2. The van der Waals surface area contributed by atoms with Crippen molar-refractivity contribution >= 4 is 23.3 Å². The van der Waals surface area contributed by atoms with Crippen molar-refractivity contribution in [3.8, 4) is 5.75 Å². The first-order valence-corrected chi connectivity index (χ1v) is 8.64. The molecule has 1 fully saturated rings. The number of benzene rings is 1. The molecule has 1 aromatic carbocycles. The summed E-state index contributed by atoms with van der Waals surface area (Å²) in [6, 6.07) is 5.11. The van der Waals surface area contributed by atoms with Crippen LogP contribution in [0.4, 0.5) is 0 Å². The van der Waals surface area contributed by atoms with Gasteiger partial charge >= 0.3 is 0 Å². The van der Waals surface area contributed by atoms with E-state index < -0.39 is 0 Å². The molecule has 2 rings (SSSR count). The Bertz CT molecular complexity index is 573. The summed E-state index contributed by atoms with van der Waals surface area (Å²) in [5.41, 5.74) is 0.429. The molecule has 126 valence electrons. The lowest BCUT2D eigenvalue weighted by atomic mass is 9.86. The van der Waals surface area contributed by atoms with Gasteiger partial charge in [-0.25, -0.2) is 0 Å². The average Bonchev–Trinajstić information content (AvgIpc) is 2.55. The van der Waals surface area contributed by atoms with E-state index >= 15 is 0 Å². The van der Waals surface area contributed by atoms with Crippen LogP contribution in [0.3, 0.4) is 0 Å². The highest BCUT2D eigenvalue weighted by Crippen LogP contribution is 2.25. The Hall–Kier alpha value is -1.55. The fraction of sp³-hybridized carbons (Fsp3) is 0.556. The van der Waals surface area contributed by atoms with Crippen LogP contribution in [-0.4, -0.2) is 24.3 Å². The molecule has 1 N–H and O–H groups in total. The molecule has 0 heterocycles. The zero-order valence-electron chi connectivity index (χ0n) is 13.7. The molecule has 0 saturated heterocycles. The third-order valence-electron chi connectivity index (χ3n) is 4.38. The summed E-state index contributed by atoms with van der Waals surface area (Å²) in [5, 5.41) is 3.52. The second kappa shape index (κ2) is 8.34. The largest absolute Gasteiger partial charge is 0.483 e. The van der Waals surface area contributed by atoms with E-state index in [1.54, 1.807) is 25.1 Å². The van der Waals surface area contributed by atoms with Crippen LogP contribution in [0.25, 0.3) is 0 Å². The Morgan fingerprint density at radius 1 is 1.30 bits per heavy atom. The maximum absolute atomic E-state index is 12.1. The maximum Gasteiger partial charge on any atom is 0.258 e. The first-order chi connectivity index (χ1) is 11.0. The zero-order valence-corrected chi connectivity index (χ0v) is 14.5. The van der Waals surface area contributed by atoms with Gasteiger partial charge in [-0.15, -0.1) is 0 Å². The van der Waals surface area contributed by atoms with Crippen LogP contribution in [0.5, 0.6) is 5.75 Å². The fourth-order valence-corrected chi connectivity index (χ4v) is 3.13. The van der Waals surface area contributed by atoms with Crippen LogP contribution >= 0.6 is 11.6 Å². The summed E-state index contributed by atoms with van der Waals surface area (Å²) in [4.78, 5) is 24.1. The summed E-state index contributed by atoms with van der Waals surface area (Å²) < 4.78 is 5.56. The first-order valence-electron chi connectivity index (χ1n) is 8.26. The summed E-state index contributed by atoms with van der Waals surface area (Å²) in [7, 11) is 0. The van der Waals surface area contributed by atoms with Gasteiger partial charge in [-0.3, -0.25) is 9.59 Å². The van der Waals surface area contributed by atoms with E-state index in [1.807, 2.05) is 0 Å². The first kappa shape index (κ1) is 17.8. The number of halogens is 1. The Morgan fingerprint density at radius 3 is 2.74 bits per heavy atom. The van der Waals surface area contributed by atoms with Gasteiger partial charge in [-0.05, 0) is 37.0 Å². The Kier molecular flexibility index (Phi) is 6.46. The average molecular weight is 338 g/mol. The van der Waals surface area contributed by atoms with Crippen molar-refractivity contribution in [3.63, 3.8) is 0 Å². The highest BCUT2D eigenvalue weighted by Gasteiger charge is 2.23. The molecule has 0 spiro atoms. The van der Waals surface area contributed by atoms with Gasteiger partial charge in [-0.1, -0.05) is 38.3 Å². The molecule has 1 aliphatic rings. The molecule has 1 amide bonds. The van der Waals surface area contributed by atoms with Crippen LogP contribution in [0.15, 0.2) is 18.2 Å². The number of nitrogens with one attached hydrogen (secondary N) is 1. The second-order valence-corrected chi connectivity index (χ2v) is 6.58. The molecule has 4 nitrogen and oxygen atoms in total. The topological polar surface area (TPSA) is 55.4 Å². The number of ketones is 1. The molecule has 1 aliphatic carbocycles. The van der Waals surface area contributed by atoms with Crippen molar-refractivity contribution < 1.29 is 14.3 Å². The van der Waals surface area contributed by atoms with Crippen LogP contribution in [-0.2, 0) is 4.79 Å². The Morgan fingerprint density at radius 2 is 2.04 bits per heavy atom. The van der Waals surface area contributed by atoms with Crippen LogP contribution in [0.2, 0.25) is 5.02 Å². The van der Waals surface area contributed by atoms with Gasteiger partial charge in [-0.2, -0.15) is 0 Å². The smallest absolute Gasteiger partial charge is 0.258 e. The molecule has 0 radical (unpaired) electrons. The maximum atomic E-state index is 12.1. The molecular formula is C18H24ClNO3. The van der Waals surface area contributed by atoms with Gasteiger partial charge < -0.3 is 10.1 Å². The van der Waals surface area contributed by atoms with Gasteiger partial charge in [0.05, 0.1) is 5.56 Å². The molecule has 5 heteroatoms. The standard InChI is InChI=1S/C18H24ClNO3/c1-3-16(21)14-10-13(19)8-9-17(14)23-11-18(22)20-15-7-5-4-6-12(15)2/h8-10,12,15H,3-7,11H2,1-2H3,(H,20,22)/t12-,15+/m1/s1. The van der Waals surface area contributed by atoms with Gasteiger partial charge in [0, 0.05) is 17.5 Å². The van der Waals surface area contributed by atoms with E-state index in [1.165, 1.54) is 6.42 Å². The molecule has 0 aliphatic heterocycles. The summed E-state index contributed by atoms with van der Waals surface area (Å²) in [5.74, 6) is 0.714. The van der Waals surface area contributed by atoms with E-state index in [0.717, 1.165) is 19.3 Å². The highest BCUT2D eigenvalue weighted by atomic mass is 35.5. The minimum absolute atomic E-state index is 0.0520. The summed E-state index contributed by atoms with van der Waals surface area (Å²) in [6.07, 6.45) is 4.92. The number of ether oxygens (including phenoxy) is 1. The lowest BCUT2D eigenvalue weighted by Gasteiger charge is -2.29. The normalized spacial score (nSPS) is 20.8. The Labute approximate surface area is 142 Å². The summed E-state index contributed by atoms with van der Waals surface area (Å²) in [6.45, 7) is 3.86. The van der Waals surface area contributed by atoms with E-state index in [2.05, 4.69) is 12.2 Å². The third-order valence-corrected chi connectivity index (χ3v) is 4.61. The molecule has 1 saturated carbocycles. The van der Waals surface area contributed by atoms with Crippen molar-refractivity contribution in [1.82, 2.24) is 5.32 Å². The number of amides is 1. The van der Waals surface area contributed by atoms with Gasteiger partial charge in [0.1, 0.15) is 5.75 Å². The monoisotopic (exact) mass is 337 g/mol. The minimum atomic E-state index is -0.145. The lowest BCUT2D eigenvalue weighted by molar-refractivity contribution is -0.124. The van der Waals surface area contributed by atoms with Gasteiger partial charge in [0.15, 0.2) is 12.4 Å². The van der Waals surface area contributed by atoms with E-state index in [-0.39, 0.29) is 24.3 Å². The van der Waals surface area contributed by atoms with E-state index in [4.69, 9.17) is 16.3 Å². The number of Topliss-reactive ketones (excluding diaryl/α,β-unsaturated/α-hetero) is 1. The SMILES string of the molecule is CCC(=O)c1cc(Cl)ccc1OCC(=O)N[C@H]1CCCC[C@H]1C. The highest BCUT2D eigenvalue weighted by molar-refractivity contribution is 6.31. The quantitative estimate of drug-likeness (QED) is 0.798. The van der Waals surface area contributed by atoms with Crippen molar-refractivity contribution in [3.05, 3.63) is 28.8 Å². The molecule has 0 unspecified atom stereocenters. The number of rotatable bonds is 6. The second-order valence-electron chi connectivity index (χ2n) is 6.14. The number of carbonyl (C=O) groups is 2. The summed E-state index contributed by atoms with van der Waals surface area (Å²) >= 11 is 5.94. The van der Waals surface area contributed by atoms with Crippen molar-refractivity contribution in [2.75, 3.05) is 6.61 Å². The van der Waals surface area contributed by atoms with E-state index in [0.29, 0.717) is 28.7 Å². The van der Waals surface area contributed by atoms with Crippen LogP contribution in [0.1, 0.15) is 56.3 Å². The minimum Gasteiger partial charge on any atom is -0.483 e. The fourth-order valence-electron chi connectivity index (χ4n) is 2.96. The molecule has 1 aromatic rings.